The minimum atomic E-state index is -0.123. The summed E-state index contributed by atoms with van der Waals surface area (Å²) in [7, 11) is 5.56. The van der Waals surface area contributed by atoms with Crippen LogP contribution in [-0.4, -0.2) is 51.2 Å². The van der Waals surface area contributed by atoms with Crippen LogP contribution in [0.25, 0.3) is 0 Å². The van der Waals surface area contributed by atoms with Gasteiger partial charge in [0.1, 0.15) is 6.04 Å². The Morgan fingerprint density at radius 1 is 1.33 bits per heavy atom. The van der Waals surface area contributed by atoms with E-state index in [2.05, 4.69) is 17.1 Å². The first-order valence-corrected chi connectivity index (χ1v) is 7.00. The standard InChI is InChI=1S/C14H28N2O2/c1-11-5-7-12(8-6-11)13(14(17)18-4)15-9-10-16(2)3/h11-13,15H,5-10H2,1-4H3. The van der Waals surface area contributed by atoms with Crippen LogP contribution in [0.4, 0.5) is 0 Å². The summed E-state index contributed by atoms with van der Waals surface area (Å²) in [6, 6.07) is -0.123. The molecule has 1 aliphatic carbocycles. The molecule has 0 spiro atoms. The molecular weight excluding hydrogens is 228 g/mol. The number of methoxy groups -OCH3 is 1. The summed E-state index contributed by atoms with van der Waals surface area (Å²) in [6.45, 7) is 4.07. The highest BCUT2D eigenvalue weighted by Crippen LogP contribution is 2.30. The molecule has 106 valence electrons. The predicted octanol–water partition coefficient (Wildman–Crippen LogP) is 1.51. The predicted molar refractivity (Wildman–Crippen MR) is 73.5 cm³/mol. The molecule has 1 aliphatic rings. The first-order valence-electron chi connectivity index (χ1n) is 7.00. The van der Waals surface area contributed by atoms with Gasteiger partial charge in [-0.15, -0.1) is 0 Å². The third-order valence-electron chi connectivity index (χ3n) is 3.91. The molecule has 1 N–H and O–H groups in total. The molecule has 4 heteroatoms. The molecule has 0 aromatic carbocycles. The average molecular weight is 256 g/mol. The quantitative estimate of drug-likeness (QED) is 0.731. The minimum Gasteiger partial charge on any atom is -0.468 e. The van der Waals surface area contributed by atoms with E-state index in [1.807, 2.05) is 14.1 Å². The molecule has 4 nitrogen and oxygen atoms in total. The van der Waals surface area contributed by atoms with Crippen molar-refractivity contribution in [1.82, 2.24) is 10.2 Å². The highest BCUT2D eigenvalue weighted by Gasteiger charge is 2.31. The molecule has 1 atom stereocenters. The van der Waals surface area contributed by atoms with Gasteiger partial charge in [0.25, 0.3) is 0 Å². The topological polar surface area (TPSA) is 41.6 Å². The number of hydrogen-bond acceptors (Lipinski definition) is 4. The van der Waals surface area contributed by atoms with Gasteiger partial charge in [0.15, 0.2) is 0 Å². The maximum absolute atomic E-state index is 11.9. The maximum Gasteiger partial charge on any atom is 0.323 e. The zero-order chi connectivity index (χ0) is 13.5. The number of likely N-dealkylation sites (N-methyl/N-ethyl adjacent to an activating group) is 1. The fraction of sp³-hybridized carbons (Fsp3) is 0.929. The van der Waals surface area contributed by atoms with Crippen LogP contribution in [0.1, 0.15) is 32.6 Å². The Bertz CT molecular complexity index is 248. The van der Waals surface area contributed by atoms with Gasteiger partial charge < -0.3 is 15.0 Å². The van der Waals surface area contributed by atoms with Gasteiger partial charge in [0.2, 0.25) is 0 Å². The van der Waals surface area contributed by atoms with Crippen molar-refractivity contribution < 1.29 is 9.53 Å². The van der Waals surface area contributed by atoms with Crippen LogP contribution in [0, 0.1) is 11.8 Å². The molecule has 18 heavy (non-hydrogen) atoms. The summed E-state index contributed by atoms with van der Waals surface area (Å²) >= 11 is 0. The normalized spacial score (nSPS) is 26.1. The number of nitrogens with one attached hydrogen (secondary N) is 1. The Hall–Kier alpha value is -0.610. The van der Waals surface area contributed by atoms with Crippen molar-refractivity contribution in [3.63, 3.8) is 0 Å². The summed E-state index contributed by atoms with van der Waals surface area (Å²) in [5, 5.41) is 3.37. The first-order chi connectivity index (χ1) is 8.54. The SMILES string of the molecule is COC(=O)C(NCCN(C)C)C1CCC(C)CC1. The zero-order valence-corrected chi connectivity index (χ0v) is 12.2. The van der Waals surface area contributed by atoms with Crippen molar-refractivity contribution in [2.45, 2.75) is 38.6 Å². The zero-order valence-electron chi connectivity index (χ0n) is 12.2. The van der Waals surface area contributed by atoms with Gasteiger partial charge >= 0.3 is 5.97 Å². The number of ether oxygens (including phenoxy) is 1. The van der Waals surface area contributed by atoms with Crippen LogP contribution >= 0.6 is 0 Å². The van der Waals surface area contributed by atoms with E-state index in [9.17, 15) is 4.79 Å². The van der Waals surface area contributed by atoms with Crippen molar-refractivity contribution >= 4 is 5.97 Å². The van der Waals surface area contributed by atoms with Crippen molar-refractivity contribution in [1.29, 1.82) is 0 Å². The van der Waals surface area contributed by atoms with Gasteiger partial charge in [-0.05, 0) is 38.8 Å². The van der Waals surface area contributed by atoms with E-state index < -0.39 is 0 Å². The highest BCUT2D eigenvalue weighted by atomic mass is 16.5. The molecule has 1 fully saturated rings. The molecule has 0 heterocycles. The van der Waals surface area contributed by atoms with Crippen LogP contribution in [0.2, 0.25) is 0 Å². The first kappa shape index (κ1) is 15.4. The van der Waals surface area contributed by atoms with Gasteiger partial charge in [0, 0.05) is 13.1 Å². The average Bonchev–Trinajstić information content (AvgIpc) is 2.35. The number of carbonyl (C=O) groups excluding carboxylic acids is 1. The molecule has 0 bridgehead atoms. The fourth-order valence-electron chi connectivity index (χ4n) is 2.63. The van der Waals surface area contributed by atoms with Crippen LogP contribution in [0.15, 0.2) is 0 Å². The largest absolute Gasteiger partial charge is 0.468 e. The molecule has 1 rings (SSSR count). The highest BCUT2D eigenvalue weighted by molar-refractivity contribution is 5.76. The van der Waals surface area contributed by atoms with Gasteiger partial charge in [-0.2, -0.15) is 0 Å². The van der Waals surface area contributed by atoms with E-state index in [1.165, 1.54) is 20.0 Å². The van der Waals surface area contributed by atoms with Crippen molar-refractivity contribution in [2.24, 2.45) is 11.8 Å². The molecule has 1 unspecified atom stereocenters. The fourth-order valence-corrected chi connectivity index (χ4v) is 2.63. The number of nitrogens with zero attached hydrogens (tertiary/aromatic N) is 1. The second kappa shape index (κ2) is 7.74. The molecule has 0 amide bonds. The van der Waals surface area contributed by atoms with Crippen molar-refractivity contribution in [3.8, 4) is 0 Å². The second-order valence-corrected chi connectivity index (χ2v) is 5.78. The van der Waals surface area contributed by atoms with Gasteiger partial charge in [-0.25, -0.2) is 0 Å². The third kappa shape index (κ3) is 4.94. The van der Waals surface area contributed by atoms with Crippen LogP contribution in [0.3, 0.4) is 0 Å². The Balaban J connectivity index is 2.47. The van der Waals surface area contributed by atoms with E-state index >= 15 is 0 Å². The summed E-state index contributed by atoms with van der Waals surface area (Å²) in [4.78, 5) is 14.0. The number of esters is 1. The molecule has 0 saturated heterocycles. The Morgan fingerprint density at radius 3 is 2.44 bits per heavy atom. The molecule has 0 aliphatic heterocycles. The lowest BCUT2D eigenvalue weighted by Crippen LogP contribution is -2.46. The number of carbonyl (C=O) groups is 1. The van der Waals surface area contributed by atoms with Crippen LogP contribution in [-0.2, 0) is 9.53 Å². The molecular formula is C14H28N2O2. The summed E-state index contributed by atoms with van der Waals surface area (Å²) < 4.78 is 4.93. The lowest BCUT2D eigenvalue weighted by molar-refractivity contribution is -0.145. The summed E-state index contributed by atoms with van der Waals surface area (Å²) in [6.07, 6.45) is 4.73. The van der Waals surface area contributed by atoms with E-state index in [-0.39, 0.29) is 12.0 Å². The maximum atomic E-state index is 11.9. The van der Waals surface area contributed by atoms with Gasteiger partial charge in [-0.3, -0.25) is 4.79 Å². The Labute approximate surface area is 111 Å². The molecule has 1 saturated carbocycles. The molecule has 0 aromatic heterocycles. The Kier molecular flexibility index (Phi) is 6.65. The van der Waals surface area contributed by atoms with Crippen molar-refractivity contribution in [2.75, 3.05) is 34.3 Å². The van der Waals surface area contributed by atoms with E-state index in [0.717, 1.165) is 31.8 Å². The lowest BCUT2D eigenvalue weighted by atomic mass is 9.79. The van der Waals surface area contributed by atoms with Gasteiger partial charge in [-0.1, -0.05) is 19.8 Å². The van der Waals surface area contributed by atoms with Crippen molar-refractivity contribution in [3.05, 3.63) is 0 Å². The third-order valence-corrected chi connectivity index (χ3v) is 3.91. The molecule has 0 aromatic rings. The van der Waals surface area contributed by atoms with Crippen LogP contribution < -0.4 is 5.32 Å². The monoisotopic (exact) mass is 256 g/mol. The summed E-state index contributed by atoms with van der Waals surface area (Å²) in [5.74, 6) is 1.14. The van der Waals surface area contributed by atoms with Gasteiger partial charge in [0.05, 0.1) is 7.11 Å². The van der Waals surface area contributed by atoms with E-state index in [1.54, 1.807) is 0 Å². The van der Waals surface area contributed by atoms with E-state index in [0.29, 0.717) is 5.92 Å². The Morgan fingerprint density at radius 2 is 1.94 bits per heavy atom. The smallest absolute Gasteiger partial charge is 0.323 e. The molecule has 0 radical (unpaired) electrons. The van der Waals surface area contributed by atoms with Crippen LogP contribution in [0.5, 0.6) is 0 Å². The second-order valence-electron chi connectivity index (χ2n) is 5.78. The lowest BCUT2D eigenvalue weighted by Gasteiger charge is -2.32. The number of rotatable bonds is 6. The summed E-state index contributed by atoms with van der Waals surface area (Å²) in [5.41, 5.74) is 0. The van der Waals surface area contributed by atoms with E-state index in [4.69, 9.17) is 4.74 Å². The minimum absolute atomic E-state index is 0.103. The number of hydrogen-bond donors (Lipinski definition) is 1.